The molecule has 376 valence electrons. The molecule has 15 rings (SSSR count). The monoisotopic (exact) mass is 1060 g/mol. The van der Waals surface area contributed by atoms with Gasteiger partial charge in [0.2, 0.25) is 17.2 Å². The summed E-state index contributed by atoms with van der Waals surface area (Å²) in [7, 11) is 0. The molecule has 5 heterocycles. The highest BCUT2D eigenvalue weighted by molar-refractivity contribution is 8.00. The predicted octanol–water partition coefficient (Wildman–Crippen LogP) is 17.9. The van der Waals surface area contributed by atoms with Crippen molar-refractivity contribution in [1.82, 2.24) is 14.5 Å². The van der Waals surface area contributed by atoms with Crippen LogP contribution in [0.2, 0.25) is 0 Å². The topological polar surface area (TPSA) is 132 Å². The van der Waals surface area contributed by atoms with Crippen molar-refractivity contribution in [2.75, 3.05) is 0 Å². The third kappa shape index (κ3) is 7.87. The lowest BCUT2D eigenvalue weighted by molar-refractivity contribution is 0.330. The number of fused-ring (bicyclic) bond motifs is 16. The van der Waals surface area contributed by atoms with Gasteiger partial charge in [-0.2, -0.15) is 0 Å². The number of rotatable bonds is 4. The minimum absolute atomic E-state index is 0.200. The van der Waals surface area contributed by atoms with Crippen molar-refractivity contribution in [3.05, 3.63) is 205 Å². The third-order valence-electron chi connectivity index (χ3n) is 14.4. The number of thioether (sulfide) groups is 1. The number of phenols is 5. The average molecular weight is 1060 g/mol. The van der Waals surface area contributed by atoms with Crippen molar-refractivity contribution in [2.45, 2.75) is 43.3 Å². The minimum Gasteiger partial charge on any atom is -0.504 e. The first-order valence-electron chi connectivity index (χ1n) is 25.6. The van der Waals surface area contributed by atoms with Gasteiger partial charge in [-0.15, -0.1) is 34.4 Å². The number of aromatic nitrogens is 3. The van der Waals surface area contributed by atoms with Crippen LogP contribution in [-0.4, -0.2) is 45.3 Å². The number of aromatic hydroxyl groups is 5. The van der Waals surface area contributed by atoms with Crippen molar-refractivity contribution in [1.29, 1.82) is 0 Å². The van der Waals surface area contributed by atoms with Crippen LogP contribution in [0.3, 0.4) is 0 Å². The highest BCUT2D eigenvalue weighted by Gasteiger charge is 2.33. The third-order valence-corrected chi connectivity index (χ3v) is 18.2. The van der Waals surface area contributed by atoms with Crippen molar-refractivity contribution < 1.29 is 25.5 Å². The van der Waals surface area contributed by atoms with Gasteiger partial charge in [-0.3, -0.25) is 0 Å². The first-order chi connectivity index (χ1) is 37.6. The zero-order chi connectivity index (χ0) is 52.6. The molecule has 5 N–H and O–H groups in total. The maximum atomic E-state index is 11.1. The molecule has 2 unspecified atom stereocenters. The van der Waals surface area contributed by atoms with E-state index in [0.29, 0.717) is 16.6 Å². The van der Waals surface area contributed by atoms with Crippen molar-refractivity contribution >= 4 is 113 Å². The number of aryl methyl sites for hydroxylation is 1. The number of thiophene rings is 2. The lowest BCUT2D eigenvalue weighted by atomic mass is 9.89. The fraction of sp³-hybridized carbons (Fsp3) is 0.0909. The van der Waals surface area contributed by atoms with Gasteiger partial charge in [-0.25, -0.2) is 9.97 Å². The summed E-state index contributed by atoms with van der Waals surface area (Å²) in [4.78, 5) is 12.0. The van der Waals surface area contributed by atoms with E-state index >= 15 is 0 Å². The maximum Gasteiger partial charge on any atom is 0.208 e. The van der Waals surface area contributed by atoms with E-state index in [1.807, 2.05) is 48.2 Å². The standard InChI is InChI=1S/C56H33N3O5S3.C7H8.C3H8/c60-49-43(50(61)52(63)53(64)51(49)62)28-19-23-38-37(25-28)44-32-10-1-2-11-33(32)54-45(34-12-4-7-15-40(34)66-54)48(44)59(38)30-21-17-27(18-22-30)46-55-47(35-13-5-8-16-41(35)67-55)58-56(57-46)29-20-24-42-36(26-29)31-9-3-6-14-39(31)65-42;1-7-5-3-2-4-6-7;1-3-2/h1-26,36,42,60-64H;2-6H,1H3;3H2,1-2H3. The fourth-order valence-corrected chi connectivity index (χ4v) is 14.7. The van der Waals surface area contributed by atoms with E-state index in [1.165, 1.54) is 22.4 Å². The first kappa shape index (κ1) is 48.1. The summed E-state index contributed by atoms with van der Waals surface area (Å²) < 4.78 is 6.78. The number of nitrogens with zero attached hydrogens (tertiary/aromatic N) is 3. The second kappa shape index (κ2) is 19.2. The van der Waals surface area contributed by atoms with Gasteiger partial charge in [0.15, 0.2) is 17.3 Å². The second-order valence-electron chi connectivity index (χ2n) is 19.5. The number of hydrogen-bond donors (Lipinski definition) is 5. The lowest BCUT2D eigenvalue weighted by Crippen LogP contribution is -2.10. The first-order valence-corrected chi connectivity index (χ1v) is 28.1. The van der Waals surface area contributed by atoms with Gasteiger partial charge in [0, 0.05) is 79.3 Å². The summed E-state index contributed by atoms with van der Waals surface area (Å²) in [6, 6.07) is 58.3. The normalized spacial score (nSPS) is 14.7. The Hall–Kier alpha value is -8.61. The second-order valence-corrected chi connectivity index (χ2v) is 22.8. The summed E-state index contributed by atoms with van der Waals surface area (Å²) in [5.74, 6) is -3.40. The molecule has 2 atom stereocenters. The van der Waals surface area contributed by atoms with Gasteiger partial charge >= 0.3 is 0 Å². The van der Waals surface area contributed by atoms with E-state index in [4.69, 9.17) is 9.97 Å². The minimum atomic E-state index is -1.00. The van der Waals surface area contributed by atoms with Gasteiger partial charge in [0.05, 0.1) is 32.5 Å². The number of benzene rings is 9. The predicted molar refractivity (Wildman–Crippen MR) is 322 cm³/mol. The Morgan fingerprint density at radius 2 is 1.14 bits per heavy atom. The highest BCUT2D eigenvalue weighted by atomic mass is 32.2. The van der Waals surface area contributed by atoms with Crippen LogP contribution in [0, 0.1) is 6.92 Å². The lowest BCUT2D eigenvalue weighted by Gasteiger charge is -2.19. The van der Waals surface area contributed by atoms with Gasteiger partial charge in [-0.1, -0.05) is 171 Å². The summed E-state index contributed by atoms with van der Waals surface area (Å²) in [5.41, 5.74) is 9.35. The van der Waals surface area contributed by atoms with Crippen molar-refractivity contribution in [2.24, 2.45) is 0 Å². The van der Waals surface area contributed by atoms with Crippen LogP contribution in [0.5, 0.6) is 28.7 Å². The molecule has 9 aromatic carbocycles. The molecule has 1 aliphatic carbocycles. The Morgan fingerprint density at radius 1 is 0.545 bits per heavy atom. The van der Waals surface area contributed by atoms with Crippen LogP contribution in [0.4, 0.5) is 0 Å². The zero-order valence-electron chi connectivity index (χ0n) is 42.1. The van der Waals surface area contributed by atoms with Crippen LogP contribution >= 0.6 is 34.4 Å². The van der Waals surface area contributed by atoms with Crippen molar-refractivity contribution in [3.63, 3.8) is 0 Å². The highest BCUT2D eigenvalue weighted by Crippen LogP contribution is 2.56. The molecule has 0 bridgehead atoms. The molecular weight excluding hydrogens is 1010 g/mol. The summed E-state index contributed by atoms with van der Waals surface area (Å²) in [5, 5.41) is 61.2. The number of allylic oxidation sites excluding steroid dienone is 3. The van der Waals surface area contributed by atoms with Crippen LogP contribution < -0.4 is 0 Å². The van der Waals surface area contributed by atoms with Crippen LogP contribution in [0.1, 0.15) is 43.1 Å². The van der Waals surface area contributed by atoms with E-state index < -0.39 is 28.7 Å². The molecule has 1 aliphatic heterocycles. The van der Waals surface area contributed by atoms with E-state index in [0.717, 1.165) is 95.6 Å². The Balaban J connectivity index is 0.000000517. The maximum absolute atomic E-state index is 11.1. The molecule has 11 heteroatoms. The molecule has 0 fully saturated rings. The molecule has 2 aliphatic rings. The summed E-state index contributed by atoms with van der Waals surface area (Å²) in [6.45, 7) is 6.33. The molecular formula is C66H49N3O5S3. The largest absolute Gasteiger partial charge is 0.504 e. The molecule has 0 saturated heterocycles. The van der Waals surface area contributed by atoms with Crippen molar-refractivity contribution in [3.8, 4) is 56.8 Å². The smallest absolute Gasteiger partial charge is 0.208 e. The zero-order valence-corrected chi connectivity index (χ0v) is 44.5. The molecule has 4 aromatic heterocycles. The van der Waals surface area contributed by atoms with Crippen LogP contribution in [0.25, 0.3) is 107 Å². The van der Waals surface area contributed by atoms with Crippen LogP contribution in [0.15, 0.2) is 193 Å². The molecule has 8 nitrogen and oxygen atoms in total. The molecule has 77 heavy (non-hydrogen) atoms. The Bertz CT molecular complexity index is 4550. The SMILES string of the molecule is CCC.Cc1ccccc1.Oc1c(O)c(O)c(-c2ccc3c(c2)c2c4ccccc4c4sc5ccccc5c4c2n3-c2ccc(-c3nc(C4=CC5c6ccccc6SC5C=C4)nc4c3sc3ccccc34)cc2)c(O)c1O. The molecule has 0 radical (unpaired) electrons. The number of hydrogen-bond acceptors (Lipinski definition) is 10. The van der Waals surface area contributed by atoms with Gasteiger partial charge in [0.1, 0.15) is 0 Å². The quantitative estimate of drug-likeness (QED) is 0.0870. The van der Waals surface area contributed by atoms with E-state index in [-0.39, 0.29) is 11.5 Å². The Kier molecular flexibility index (Phi) is 12.0. The Labute approximate surface area is 455 Å². The van der Waals surface area contributed by atoms with Crippen LogP contribution in [-0.2, 0) is 0 Å². The molecule has 0 amide bonds. The molecule has 0 saturated carbocycles. The molecule has 0 spiro atoms. The van der Waals surface area contributed by atoms with E-state index in [1.54, 1.807) is 28.7 Å². The Morgan fingerprint density at radius 3 is 1.86 bits per heavy atom. The van der Waals surface area contributed by atoms with Gasteiger partial charge in [-0.05, 0) is 65.9 Å². The van der Waals surface area contributed by atoms with Gasteiger partial charge < -0.3 is 30.1 Å². The number of phenolic OH excluding ortho intramolecular Hbond substituents is 5. The fourth-order valence-electron chi connectivity index (χ4n) is 11.0. The summed E-state index contributed by atoms with van der Waals surface area (Å²) in [6.07, 6.45) is 8.08. The van der Waals surface area contributed by atoms with E-state index in [2.05, 4.69) is 171 Å². The average Bonchev–Trinajstić information content (AvgIpc) is 4.39. The van der Waals surface area contributed by atoms with E-state index in [9.17, 15) is 25.5 Å². The van der Waals surface area contributed by atoms with Gasteiger partial charge in [0.25, 0.3) is 0 Å². The molecule has 13 aromatic rings. The summed E-state index contributed by atoms with van der Waals surface area (Å²) >= 11 is 5.38.